The van der Waals surface area contributed by atoms with Crippen LogP contribution in [-0.4, -0.2) is 89.4 Å². The maximum Gasteiger partial charge on any atom is 0.318 e. The number of ether oxygens (including phenoxy) is 1. The SMILES string of the molecule is CS(=O)(=O)N(CC(=O)O)CC1CN(C(=O)c2cnn3ccccc23)CCO1. The van der Waals surface area contributed by atoms with E-state index >= 15 is 0 Å². The molecule has 1 N–H and O–H groups in total. The minimum absolute atomic E-state index is 0.135. The summed E-state index contributed by atoms with van der Waals surface area (Å²) in [5, 5.41) is 13.1. The van der Waals surface area contributed by atoms with Crippen molar-refractivity contribution in [3.8, 4) is 0 Å². The van der Waals surface area contributed by atoms with Crippen molar-refractivity contribution in [3.05, 3.63) is 36.2 Å². The lowest BCUT2D eigenvalue weighted by Gasteiger charge is -2.34. The lowest BCUT2D eigenvalue weighted by Crippen LogP contribution is -2.51. The van der Waals surface area contributed by atoms with E-state index in [0.717, 1.165) is 10.6 Å². The molecule has 10 nitrogen and oxygen atoms in total. The third-order valence-electron chi connectivity index (χ3n) is 4.27. The molecular formula is C16H20N4O6S. The standard InChI is InChI=1S/C16H20N4O6S/c1-27(24,25)19(11-15(21)22)10-12-9-18(6-7-26-12)16(23)13-8-17-20-5-3-2-4-14(13)20/h2-5,8,12H,6-7,9-11H2,1H3,(H,21,22). The van der Waals surface area contributed by atoms with Gasteiger partial charge in [-0.15, -0.1) is 0 Å². The van der Waals surface area contributed by atoms with Gasteiger partial charge in [-0.3, -0.25) is 9.59 Å². The zero-order valence-corrected chi connectivity index (χ0v) is 15.5. The second kappa shape index (κ2) is 7.62. The van der Waals surface area contributed by atoms with Crippen LogP contribution in [0.2, 0.25) is 0 Å². The molecule has 0 bridgehead atoms. The summed E-state index contributed by atoms with van der Waals surface area (Å²) in [6, 6.07) is 5.41. The van der Waals surface area contributed by atoms with Crippen molar-refractivity contribution in [3.63, 3.8) is 0 Å². The van der Waals surface area contributed by atoms with E-state index in [0.29, 0.717) is 17.6 Å². The number of aliphatic carboxylic acids is 1. The molecule has 27 heavy (non-hydrogen) atoms. The van der Waals surface area contributed by atoms with E-state index in [1.807, 2.05) is 6.07 Å². The molecule has 146 valence electrons. The Kier molecular flexibility index (Phi) is 5.44. The van der Waals surface area contributed by atoms with Gasteiger partial charge in [-0.05, 0) is 12.1 Å². The molecule has 1 saturated heterocycles. The number of pyridine rings is 1. The third-order valence-corrected chi connectivity index (χ3v) is 5.49. The number of carbonyl (C=O) groups is 2. The van der Waals surface area contributed by atoms with E-state index < -0.39 is 28.6 Å². The topological polar surface area (TPSA) is 122 Å². The van der Waals surface area contributed by atoms with Crippen molar-refractivity contribution in [1.29, 1.82) is 0 Å². The number of fused-ring (bicyclic) bond motifs is 1. The van der Waals surface area contributed by atoms with E-state index in [-0.39, 0.29) is 25.6 Å². The number of nitrogens with zero attached hydrogens (tertiary/aromatic N) is 4. The zero-order chi connectivity index (χ0) is 19.6. The Hall–Kier alpha value is -2.50. The Morgan fingerprint density at radius 1 is 1.41 bits per heavy atom. The van der Waals surface area contributed by atoms with Gasteiger partial charge in [-0.2, -0.15) is 9.40 Å². The van der Waals surface area contributed by atoms with Crippen molar-refractivity contribution in [2.45, 2.75) is 6.10 Å². The first-order valence-corrected chi connectivity index (χ1v) is 10.1. The Morgan fingerprint density at radius 3 is 2.89 bits per heavy atom. The van der Waals surface area contributed by atoms with Gasteiger partial charge in [0, 0.05) is 25.8 Å². The summed E-state index contributed by atoms with van der Waals surface area (Å²) in [6.45, 7) is -0.0311. The number of aromatic nitrogens is 2. The summed E-state index contributed by atoms with van der Waals surface area (Å²) >= 11 is 0. The summed E-state index contributed by atoms with van der Waals surface area (Å²) in [5.41, 5.74) is 1.12. The first kappa shape index (κ1) is 19.3. The molecule has 2 aromatic heterocycles. The fraction of sp³-hybridized carbons (Fsp3) is 0.438. The molecule has 1 unspecified atom stereocenters. The van der Waals surface area contributed by atoms with Crippen LogP contribution in [0.25, 0.3) is 5.52 Å². The first-order valence-electron chi connectivity index (χ1n) is 8.26. The van der Waals surface area contributed by atoms with Crippen molar-refractivity contribution in [2.24, 2.45) is 0 Å². The molecule has 2 aromatic rings. The second-order valence-corrected chi connectivity index (χ2v) is 8.26. The monoisotopic (exact) mass is 396 g/mol. The zero-order valence-electron chi connectivity index (χ0n) is 14.7. The molecule has 0 saturated carbocycles. The summed E-state index contributed by atoms with van der Waals surface area (Å²) in [4.78, 5) is 25.4. The molecule has 1 atom stereocenters. The van der Waals surface area contributed by atoms with Gasteiger partial charge < -0.3 is 14.7 Å². The molecule has 0 radical (unpaired) electrons. The molecule has 11 heteroatoms. The predicted octanol–water partition coefficient (Wildman–Crippen LogP) is -0.478. The quantitative estimate of drug-likeness (QED) is 0.700. The third kappa shape index (κ3) is 4.43. The molecule has 1 fully saturated rings. The number of hydrogen-bond donors (Lipinski definition) is 1. The van der Waals surface area contributed by atoms with Crippen LogP contribution in [0.4, 0.5) is 0 Å². The molecule has 3 rings (SSSR count). The van der Waals surface area contributed by atoms with E-state index in [1.165, 1.54) is 6.20 Å². The molecule has 0 aromatic carbocycles. The maximum atomic E-state index is 12.9. The van der Waals surface area contributed by atoms with E-state index in [1.54, 1.807) is 27.7 Å². The number of sulfonamides is 1. The van der Waals surface area contributed by atoms with Gasteiger partial charge in [0.1, 0.15) is 6.54 Å². The summed E-state index contributed by atoms with van der Waals surface area (Å²) < 4.78 is 31.6. The van der Waals surface area contributed by atoms with E-state index in [9.17, 15) is 18.0 Å². The highest BCUT2D eigenvalue weighted by Gasteiger charge is 2.31. The van der Waals surface area contributed by atoms with Crippen LogP contribution in [0, 0.1) is 0 Å². The highest BCUT2D eigenvalue weighted by atomic mass is 32.2. The summed E-state index contributed by atoms with van der Waals surface area (Å²) in [6.07, 6.45) is 3.57. The Balaban J connectivity index is 1.73. The number of hydrogen-bond acceptors (Lipinski definition) is 6. The van der Waals surface area contributed by atoms with Crippen LogP contribution >= 0.6 is 0 Å². The van der Waals surface area contributed by atoms with Gasteiger partial charge in [0.05, 0.1) is 36.2 Å². The van der Waals surface area contributed by atoms with Gasteiger partial charge >= 0.3 is 5.97 Å². The molecule has 3 heterocycles. The van der Waals surface area contributed by atoms with Crippen LogP contribution in [0.15, 0.2) is 30.6 Å². The minimum atomic E-state index is -3.71. The van der Waals surface area contributed by atoms with Gasteiger partial charge in [0.2, 0.25) is 10.0 Å². The molecular weight excluding hydrogens is 376 g/mol. The molecule has 1 amide bonds. The number of morpholine rings is 1. The number of carboxylic acids is 1. The Labute approximate surface area is 156 Å². The number of carboxylic acid groups (broad SMARTS) is 1. The number of carbonyl (C=O) groups excluding carboxylic acids is 1. The maximum absolute atomic E-state index is 12.9. The lowest BCUT2D eigenvalue weighted by molar-refractivity contribution is -0.137. The van der Waals surface area contributed by atoms with Crippen LogP contribution in [0.1, 0.15) is 10.4 Å². The van der Waals surface area contributed by atoms with E-state index in [4.69, 9.17) is 9.84 Å². The molecule has 0 spiro atoms. The Morgan fingerprint density at radius 2 is 2.19 bits per heavy atom. The van der Waals surface area contributed by atoms with E-state index in [2.05, 4.69) is 5.10 Å². The normalized spacial score (nSPS) is 18.1. The average Bonchev–Trinajstić information content (AvgIpc) is 3.04. The van der Waals surface area contributed by atoms with Gasteiger partial charge in [0.15, 0.2) is 0 Å². The Bertz CT molecular complexity index is 957. The molecule has 1 aliphatic heterocycles. The molecule has 1 aliphatic rings. The summed E-state index contributed by atoms with van der Waals surface area (Å²) in [5.74, 6) is -1.48. The minimum Gasteiger partial charge on any atom is -0.480 e. The van der Waals surface area contributed by atoms with Crippen molar-refractivity contribution < 1.29 is 27.9 Å². The highest BCUT2D eigenvalue weighted by molar-refractivity contribution is 7.88. The lowest BCUT2D eigenvalue weighted by atomic mass is 10.2. The first-order chi connectivity index (χ1) is 12.8. The fourth-order valence-corrected chi connectivity index (χ4v) is 3.76. The van der Waals surface area contributed by atoms with Crippen molar-refractivity contribution in [1.82, 2.24) is 18.8 Å². The number of rotatable bonds is 6. The number of amides is 1. The predicted molar refractivity (Wildman–Crippen MR) is 94.9 cm³/mol. The fourth-order valence-electron chi connectivity index (χ4n) is 2.98. The average molecular weight is 396 g/mol. The highest BCUT2D eigenvalue weighted by Crippen LogP contribution is 2.16. The van der Waals surface area contributed by atoms with Crippen molar-refractivity contribution >= 4 is 27.4 Å². The van der Waals surface area contributed by atoms with Gasteiger partial charge in [0.25, 0.3) is 5.91 Å². The van der Waals surface area contributed by atoms with Crippen LogP contribution < -0.4 is 0 Å². The van der Waals surface area contributed by atoms with Gasteiger partial charge in [-0.1, -0.05) is 6.07 Å². The van der Waals surface area contributed by atoms with Gasteiger partial charge in [-0.25, -0.2) is 12.9 Å². The van der Waals surface area contributed by atoms with Crippen molar-refractivity contribution in [2.75, 3.05) is 39.0 Å². The van der Waals surface area contributed by atoms with Crippen LogP contribution in [-0.2, 0) is 19.6 Å². The van der Waals surface area contributed by atoms with Crippen LogP contribution in [0.3, 0.4) is 0 Å². The largest absolute Gasteiger partial charge is 0.480 e. The summed E-state index contributed by atoms with van der Waals surface area (Å²) in [7, 11) is -3.71. The van der Waals surface area contributed by atoms with Crippen LogP contribution in [0.5, 0.6) is 0 Å². The smallest absolute Gasteiger partial charge is 0.318 e. The second-order valence-electron chi connectivity index (χ2n) is 6.28. The molecule has 0 aliphatic carbocycles.